The average molecular weight is 350 g/mol. The van der Waals surface area contributed by atoms with E-state index in [4.69, 9.17) is 4.74 Å². The molecule has 0 radical (unpaired) electrons. The van der Waals surface area contributed by atoms with Gasteiger partial charge in [-0.2, -0.15) is 0 Å². The monoisotopic (exact) mass is 349 g/mol. The lowest BCUT2D eigenvalue weighted by molar-refractivity contribution is -0.114. The molecule has 1 aliphatic rings. The van der Waals surface area contributed by atoms with Crippen molar-refractivity contribution >= 4 is 5.78 Å². The first-order valence-corrected chi connectivity index (χ1v) is 9.81. The third-order valence-corrected chi connectivity index (χ3v) is 4.36. The third kappa shape index (κ3) is 9.49. The predicted molar refractivity (Wildman–Crippen MR) is 102 cm³/mol. The smallest absolute Gasteiger partial charge is 0.220 e. The molecule has 0 spiro atoms. The summed E-state index contributed by atoms with van der Waals surface area (Å²) in [5, 5.41) is 11.3. The van der Waals surface area contributed by atoms with Crippen LogP contribution in [-0.2, 0) is 9.53 Å². The lowest BCUT2D eigenvalue weighted by Crippen LogP contribution is -2.20. The summed E-state index contributed by atoms with van der Waals surface area (Å²) in [4.78, 5) is 11.6. The topological polar surface area (TPSA) is 49.8 Å². The molecule has 0 aromatic rings. The highest BCUT2D eigenvalue weighted by atomic mass is 16.5. The SMILES string of the molecule is CCCCCCCCCC(C)CN(O)/C=C1\C=CC(=O)C(OCC)=C1. The van der Waals surface area contributed by atoms with E-state index in [9.17, 15) is 10.0 Å². The molecule has 0 saturated carbocycles. The van der Waals surface area contributed by atoms with Crippen LogP contribution in [0.15, 0.2) is 35.8 Å². The van der Waals surface area contributed by atoms with Crippen LogP contribution in [0.3, 0.4) is 0 Å². The normalized spacial score (nSPS) is 16.9. The van der Waals surface area contributed by atoms with Crippen LogP contribution >= 0.6 is 0 Å². The van der Waals surface area contributed by atoms with Crippen molar-refractivity contribution in [3.63, 3.8) is 0 Å². The van der Waals surface area contributed by atoms with Crippen LogP contribution in [0.1, 0.15) is 72.1 Å². The summed E-state index contributed by atoms with van der Waals surface area (Å²) in [6.45, 7) is 7.31. The number of hydrogen-bond acceptors (Lipinski definition) is 4. The van der Waals surface area contributed by atoms with Gasteiger partial charge in [0.2, 0.25) is 5.78 Å². The largest absolute Gasteiger partial charge is 0.490 e. The summed E-state index contributed by atoms with van der Waals surface area (Å²) in [5.74, 6) is 0.638. The molecule has 0 aromatic carbocycles. The Bertz CT molecular complexity index is 480. The van der Waals surface area contributed by atoms with Crippen LogP contribution in [0, 0.1) is 5.92 Å². The molecule has 0 aliphatic heterocycles. The van der Waals surface area contributed by atoms with Gasteiger partial charge in [-0.15, -0.1) is 0 Å². The van der Waals surface area contributed by atoms with Crippen LogP contribution < -0.4 is 0 Å². The summed E-state index contributed by atoms with van der Waals surface area (Å²) in [6, 6.07) is 0. The van der Waals surface area contributed by atoms with Crippen molar-refractivity contribution in [3.05, 3.63) is 35.8 Å². The van der Waals surface area contributed by atoms with E-state index < -0.39 is 0 Å². The van der Waals surface area contributed by atoms with Crippen molar-refractivity contribution in [1.29, 1.82) is 0 Å². The Labute approximate surface area is 153 Å². The second kappa shape index (κ2) is 12.8. The Kier molecular flexibility index (Phi) is 11.0. The van der Waals surface area contributed by atoms with Gasteiger partial charge in [0.05, 0.1) is 6.61 Å². The zero-order chi connectivity index (χ0) is 18.5. The Morgan fingerprint density at radius 3 is 2.48 bits per heavy atom. The number of carbonyl (C=O) groups excluding carboxylic acids is 1. The molecular weight excluding hydrogens is 314 g/mol. The average Bonchev–Trinajstić information content (AvgIpc) is 2.57. The number of nitrogens with zero attached hydrogens (tertiary/aromatic N) is 1. The number of hydrogen-bond donors (Lipinski definition) is 1. The first-order chi connectivity index (χ1) is 12.1. The van der Waals surface area contributed by atoms with Crippen molar-refractivity contribution in [2.24, 2.45) is 5.92 Å². The van der Waals surface area contributed by atoms with Crippen LogP contribution in [0.5, 0.6) is 0 Å². The lowest BCUT2D eigenvalue weighted by atomic mass is 10.0. The molecule has 0 bridgehead atoms. The Morgan fingerprint density at radius 2 is 1.80 bits per heavy atom. The zero-order valence-corrected chi connectivity index (χ0v) is 16.2. The molecule has 1 rings (SSSR count). The van der Waals surface area contributed by atoms with Crippen molar-refractivity contribution in [2.75, 3.05) is 13.2 Å². The molecule has 1 N–H and O–H groups in total. The van der Waals surface area contributed by atoms with E-state index in [0.29, 0.717) is 24.8 Å². The van der Waals surface area contributed by atoms with Crippen LogP contribution in [0.4, 0.5) is 0 Å². The molecule has 1 aliphatic carbocycles. The van der Waals surface area contributed by atoms with Gasteiger partial charge in [0.15, 0.2) is 5.76 Å². The van der Waals surface area contributed by atoms with Gasteiger partial charge >= 0.3 is 0 Å². The summed E-state index contributed by atoms with van der Waals surface area (Å²) in [7, 11) is 0. The summed E-state index contributed by atoms with van der Waals surface area (Å²) >= 11 is 0. The number of unbranched alkanes of at least 4 members (excludes halogenated alkanes) is 6. The van der Waals surface area contributed by atoms with E-state index in [0.717, 1.165) is 12.0 Å². The van der Waals surface area contributed by atoms with Gasteiger partial charge < -0.3 is 4.74 Å². The molecule has 4 heteroatoms. The zero-order valence-electron chi connectivity index (χ0n) is 16.2. The Morgan fingerprint density at radius 1 is 1.12 bits per heavy atom. The van der Waals surface area contributed by atoms with Crippen LogP contribution in [-0.4, -0.2) is 29.2 Å². The van der Waals surface area contributed by atoms with Gasteiger partial charge in [0.1, 0.15) is 0 Å². The number of rotatable bonds is 13. The minimum atomic E-state index is -0.129. The van der Waals surface area contributed by atoms with Crippen LogP contribution in [0.2, 0.25) is 0 Å². The van der Waals surface area contributed by atoms with Crippen molar-refractivity contribution in [1.82, 2.24) is 5.06 Å². The highest BCUT2D eigenvalue weighted by Crippen LogP contribution is 2.17. The Balaban J connectivity index is 2.29. The fourth-order valence-corrected chi connectivity index (χ4v) is 2.96. The molecule has 25 heavy (non-hydrogen) atoms. The maximum atomic E-state index is 11.6. The standard InChI is InChI=1S/C21H35NO3/c1-4-6-7-8-9-10-11-12-18(3)16-22(24)17-19-13-14-20(23)21(15-19)25-5-2/h13-15,17-18,24H,4-12,16H2,1-3H3/b19-17+. The molecule has 1 atom stereocenters. The van der Waals surface area contributed by atoms with Gasteiger partial charge in [-0.3, -0.25) is 15.1 Å². The van der Waals surface area contributed by atoms with Crippen LogP contribution in [0.25, 0.3) is 0 Å². The third-order valence-electron chi connectivity index (χ3n) is 4.36. The molecule has 0 heterocycles. The molecule has 0 aromatic heterocycles. The molecule has 0 amide bonds. The highest BCUT2D eigenvalue weighted by molar-refractivity contribution is 6.04. The maximum absolute atomic E-state index is 11.6. The van der Waals surface area contributed by atoms with Crippen molar-refractivity contribution in [3.8, 4) is 0 Å². The van der Waals surface area contributed by atoms with E-state index in [1.165, 1.54) is 56.1 Å². The number of ketones is 1. The first kappa shape index (κ1) is 21.5. The van der Waals surface area contributed by atoms with E-state index in [1.807, 2.05) is 6.92 Å². The summed E-state index contributed by atoms with van der Waals surface area (Å²) in [6.07, 6.45) is 16.8. The molecule has 142 valence electrons. The summed E-state index contributed by atoms with van der Waals surface area (Å²) < 4.78 is 5.31. The van der Waals surface area contributed by atoms with Crippen molar-refractivity contribution in [2.45, 2.75) is 72.1 Å². The van der Waals surface area contributed by atoms with Gasteiger partial charge in [-0.1, -0.05) is 58.8 Å². The first-order valence-electron chi connectivity index (χ1n) is 9.81. The number of carbonyl (C=O) groups is 1. The van der Waals surface area contributed by atoms with Gasteiger partial charge in [0.25, 0.3) is 0 Å². The molecule has 0 saturated heterocycles. The molecule has 0 fully saturated rings. The fraction of sp³-hybridized carbons (Fsp3) is 0.667. The minimum absolute atomic E-state index is 0.129. The molecule has 4 nitrogen and oxygen atoms in total. The number of ether oxygens (including phenoxy) is 1. The van der Waals surface area contributed by atoms with E-state index in [2.05, 4.69) is 13.8 Å². The van der Waals surface area contributed by atoms with Gasteiger partial charge in [0, 0.05) is 12.7 Å². The van der Waals surface area contributed by atoms with E-state index in [1.54, 1.807) is 18.4 Å². The number of hydroxylamine groups is 2. The van der Waals surface area contributed by atoms with Gasteiger partial charge in [-0.05, 0) is 43.1 Å². The molecule has 1 unspecified atom stereocenters. The second-order valence-electron chi connectivity index (χ2n) is 6.91. The van der Waals surface area contributed by atoms with E-state index >= 15 is 0 Å². The molecular formula is C21H35NO3. The van der Waals surface area contributed by atoms with Gasteiger partial charge in [-0.25, -0.2) is 0 Å². The van der Waals surface area contributed by atoms with E-state index in [-0.39, 0.29) is 5.78 Å². The lowest BCUT2D eigenvalue weighted by Gasteiger charge is -2.19. The predicted octanol–water partition coefficient (Wildman–Crippen LogP) is 5.40. The summed E-state index contributed by atoms with van der Waals surface area (Å²) in [5.41, 5.74) is 0.772. The minimum Gasteiger partial charge on any atom is -0.490 e. The number of allylic oxidation sites excluding steroid dienone is 4. The second-order valence-corrected chi connectivity index (χ2v) is 6.91. The van der Waals surface area contributed by atoms with Crippen molar-refractivity contribution < 1.29 is 14.7 Å². The quantitative estimate of drug-likeness (QED) is 0.357. The fourth-order valence-electron chi connectivity index (χ4n) is 2.96. The maximum Gasteiger partial charge on any atom is 0.220 e. The Hall–Kier alpha value is -1.55. The highest BCUT2D eigenvalue weighted by Gasteiger charge is 2.13.